The van der Waals surface area contributed by atoms with Gasteiger partial charge in [0.25, 0.3) is 11.2 Å². The number of pyridine rings is 1. The zero-order valence-electron chi connectivity index (χ0n) is 7.11. The largest absolute Gasteiger partial charge is 0.573 e. The molecule has 16 heavy (non-hydrogen) atoms. The first-order valence-electron chi connectivity index (χ1n) is 3.52. The predicted molar refractivity (Wildman–Crippen MR) is 46.1 cm³/mol. The summed E-state index contributed by atoms with van der Waals surface area (Å²) >= 11 is 10.3. The smallest absolute Gasteiger partial charge is 0.399 e. The third-order valence-electron chi connectivity index (χ3n) is 1.36. The molecule has 0 N–H and O–H groups in total. The van der Waals surface area contributed by atoms with Gasteiger partial charge in [-0.2, -0.15) is 4.39 Å². The van der Waals surface area contributed by atoms with Crippen LogP contribution in [0.2, 0.25) is 5.02 Å². The number of aromatic nitrogens is 1. The summed E-state index contributed by atoms with van der Waals surface area (Å²) in [5, 5.41) is -2.06. The Morgan fingerprint density at radius 1 is 1.44 bits per heavy atom. The number of hydrogen-bond donors (Lipinski definition) is 0. The monoisotopic (exact) mass is 277 g/mol. The van der Waals surface area contributed by atoms with Gasteiger partial charge in [0, 0.05) is 6.20 Å². The lowest BCUT2D eigenvalue weighted by molar-refractivity contribution is -0.275. The van der Waals surface area contributed by atoms with E-state index in [2.05, 4.69) is 9.72 Å². The molecule has 0 aliphatic carbocycles. The molecule has 0 aliphatic rings. The molecule has 0 aliphatic heterocycles. The lowest BCUT2D eigenvalue weighted by atomic mass is 10.3. The van der Waals surface area contributed by atoms with Crippen LogP contribution in [0.1, 0.15) is 10.4 Å². The van der Waals surface area contributed by atoms with Gasteiger partial charge in [0.1, 0.15) is 5.02 Å². The van der Waals surface area contributed by atoms with Gasteiger partial charge in [0.15, 0.2) is 0 Å². The van der Waals surface area contributed by atoms with E-state index >= 15 is 0 Å². The van der Waals surface area contributed by atoms with Crippen LogP contribution in [0.15, 0.2) is 6.20 Å². The molecule has 0 saturated heterocycles. The van der Waals surface area contributed by atoms with Crippen LogP contribution in [0.5, 0.6) is 5.75 Å². The van der Waals surface area contributed by atoms with Gasteiger partial charge >= 0.3 is 6.36 Å². The summed E-state index contributed by atoms with van der Waals surface area (Å²) in [5.74, 6) is -2.98. The van der Waals surface area contributed by atoms with Crippen LogP contribution in [0.4, 0.5) is 17.6 Å². The van der Waals surface area contributed by atoms with E-state index in [4.69, 9.17) is 23.2 Å². The number of halogens is 6. The Bertz CT molecular complexity index is 435. The van der Waals surface area contributed by atoms with Crippen LogP contribution in [0.3, 0.4) is 0 Å². The van der Waals surface area contributed by atoms with E-state index < -0.39 is 33.9 Å². The van der Waals surface area contributed by atoms with E-state index in [9.17, 15) is 22.4 Å². The summed E-state index contributed by atoms with van der Waals surface area (Å²) in [4.78, 5) is 13.5. The van der Waals surface area contributed by atoms with Crippen LogP contribution in [-0.4, -0.2) is 16.6 Å². The Labute approximate surface area is 95.9 Å². The van der Waals surface area contributed by atoms with Gasteiger partial charge in [0.2, 0.25) is 5.75 Å². The number of carbonyl (C=O) groups is 1. The maximum absolute atomic E-state index is 12.8. The first kappa shape index (κ1) is 13.0. The Hall–Kier alpha value is -1.08. The van der Waals surface area contributed by atoms with Crippen molar-refractivity contribution >= 4 is 28.4 Å². The summed E-state index contributed by atoms with van der Waals surface area (Å²) in [6, 6.07) is 0. The summed E-state index contributed by atoms with van der Waals surface area (Å²) in [6.07, 6.45) is -4.55. The van der Waals surface area contributed by atoms with E-state index in [0.29, 0.717) is 6.20 Å². The topological polar surface area (TPSA) is 39.2 Å². The SMILES string of the molecule is O=C(Cl)c1cnc(F)c(OC(F)(F)F)c1Cl. The molecule has 0 radical (unpaired) electrons. The van der Waals surface area contributed by atoms with Crippen molar-refractivity contribution in [1.82, 2.24) is 4.98 Å². The number of hydrogen-bond acceptors (Lipinski definition) is 3. The van der Waals surface area contributed by atoms with Crippen molar-refractivity contribution in [1.29, 1.82) is 0 Å². The maximum Gasteiger partial charge on any atom is 0.573 e. The molecule has 88 valence electrons. The van der Waals surface area contributed by atoms with Crippen LogP contribution in [0, 0.1) is 5.95 Å². The van der Waals surface area contributed by atoms with Gasteiger partial charge in [-0.1, -0.05) is 11.6 Å². The van der Waals surface area contributed by atoms with Crippen molar-refractivity contribution in [2.75, 3.05) is 0 Å². The fourth-order valence-electron chi connectivity index (χ4n) is 0.789. The quantitative estimate of drug-likeness (QED) is 0.474. The minimum atomic E-state index is -5.15. The van der Waals surface area contributed by atoms with Crippen LogP contribution in [-0.2, 0) is 0 Å². The molecule has 0 aromatic carbocycles. The Morgan fingerprint density at radius 2 is 2.00 bits per heavy atom. The minimum absolute atomic E-state index is 0.580. The van der Waals surface area contributed by atoms with E-state index in [1.54, 1.807) is 0 Å². The van der Waals surface area contributed by atoms with E-state index in [1.807, 2.05) is 0 Å². The van der Waals surface area contributed by atoms with Crippen LogP contribution >= 0.6 is 23.2 Å². The number of carbonyl (C=O) groups excluding carboxylic acids is 1. The highest BCUT2D eigenvalue weighted by atomic mass is 35.5. The van der Waals surface area contributed by atoms with Crippen LogP contribution in [0.25, 0.3) is 0 Å². The van der Waals surface area contributed by atoms with E-state index in [0.717, 1.165) is 0 Å². The van der Waals surface area contributed by atoms with Gasteiger partial charge in [-0.05, 0) is 11.6 Å². The molecule has 0 spiro atoms. The minimum Gasteiger partial charge on any atom is -0.399 e. The molecule has 0 unspecified atom stereocenters. The standard InChI is InChI=1S/C7HCl2F4NO2/c8-3-2(5(9)15)1-14-6(10)4(3)16-7(11,12)13/h1H. The van der Waals surface area contributed by atoms with Crippen molar-refractivity contribution in [2.24, 2.45) is 0 Å². The molecule has 0 saturated carbocycles. The van der Waals surface area contributed by atoms with Gasteiger partial charge in [-0.3, -0.25) is 4.79 Å². The third kappa shape index (κ3) is 2.96. The summed E-state index contributed by atoms with van der Waals surface area (Å²) in [6.45, 7) is 0. The zero-order valence-corrected chi connectivity index (χ0v) is 8.62. The second-order valence-corrected chi connectivity index (χ2v) is 3.15. The fraction of sp³-hybridized carbons (Fsp3) is 0.143. The van der Waals surface area contributed by atoms with E-state index in [1.165, 1.54) is 0 Å². The molecule has 0 fully saturated rings. The average Bonchev–Trinajstić information content (AvgIpc) is 2.10. The number of nitrogens with zero attached hydrogens (tertiary/aromatic N) is 1. The molecule has 9 heteroatoms. The highest BCUT2D eigenvalue weighted by molar-refractivity contribution is 6.68. The first-order valence-corrected chi connectivity index (χ1v) is 4.27. The molecule has 1 heterocycles. The molecule has 0 amide bonds. The first-order chi connectivity index (χ1) is 7.22. The summed E-state index contributed by atoms with van der Waals surface area (Å²) in [5.41, 5.74) is -0.580. The lowest BCUT2D eigenvalue weighted by Gasteiger charge is -2.11. The molecule has 1 rings (SSSR count). The lowest BCUT2D eigenvalue weighted by Crippen LogP contribution is -2.19. The molecule has 0 bridgehead atoms. The highest BCUT2D eigenvalue weighted by Gasteiger charge is 2.35. The van der Waals surface area contributed by atoms with Gasteiger partial charge in [-0.25, -0.2) is 4.98 Å². The molecular weight excluding hydrogens is 277 g/mol. The summed E-state index contributed by atoms with van der Waals surface area (Å²) in [7, 11) is 0. The van der Waals surface area contributed by atoms with Crippen molar-refractivity contribution < 1.29 is 27.1 Å². The second kappa shape index (κ2) is 4.42. The normalized spacial score (nSPS) is 11.4. The van der Waals surface area contributed by atoms with Crippen molar-refractivity contribution in [3.63, 3.8) is 0 Å². The number of alkyl halides is 3. The molecule has 1 aromatic heterocycles. The Morgan fingerprint density at radius 3 is 2.44 bits per heavy atom. The molecule has 3 nitrogen and oxygen atoms in total. The Balaban J connectivity index is 3.27. The molecule has 0 atom stereocenters. The number of ether oxygens (including phenoxy) is 1. The van der Waals surface area contributed by atoms with Crippen molar-refractivity contribution in [3.8, 4) is 5.75 Å². The zero-order chi connectivity index (χ0) is 12.5. The number of rotatable bonds is 2. The average molecular weight is 278 g/mol. The molecular formula is C7HCl2F4NO2. The van der Waals surface area contributed by atoms with Crippen molar-refractivity contribution in [3.05, 3.63) is 22.7 Å². The van der Waals surface area contributed by atoms with Crippen LogP contribution < -0.4 is 4.74 Å². The third-order valence-corrected chi connectivity index (χ3v) is 1.94. The van der Waals surface area contributed by atoms with Crippen molar-refractivity contribution in [2.45, 2.75) is 6.36 Å². The predicted octanol–water partition coefficient (Wildman–Crippen LogP) is 3.15. The highest BCUT2D eigenvalue weighted by Crippen LogP contribution is 2.34. The maximum atomic E-state index is 12.8. The molecule has 1 aromatic rings. The van der Waals surface area contributed by atoms with E-state index in [-0.39, 0.29) is 0 Å². The van der Waals surface area contributed by atoms with Gasteiger partial charge < -0.3 is 4.74 Å². The Kier molecular flexibility index (Phi) is 3.59. The van der Waals surface area contributed by atoms with Gasteiger partial charge in [-0.15, -0.1) is 13.2 Å². The fourth-order valence-corrected chi connectivity index (χ4v) is 1.23. The second-order valence-electron chi connectivity index (χ2n) is 2.43. The van der Waals surface area contributed by atoms with Gasteiger partial charge in [0.05, 0.1) is 5.56 Å². The summed E-state index contributed by atoms with van der Waals surface area (Å²) < 4.78 is 51.6.